The summed E-state index contributed by atoms with van der Waals surface area (Å²) in [4.78, 5) is 4.27. The highest BCUT2D eigenvalue weighted by molar-refractivity contribution is 5.89. The molecule has 0 spiro atoms. The molecule has 34 heavy (non-hydrogen) atoms. The third kappa shape index (κ3) is 4.01. The Morgan fingerprint density at radius 2 is 1.06 bits per heavy atom. The van der Waals surface area contributed by atoms with E-state index in [-0.39, 0.29) is 0 Å². The third-order valence-electron chi connectivity index (χ3n) is 6.32. The Morgan fingerprint density at radius 1 is 0.529 bits per heavy atom. The van der Waals surface area contributed by atoms with Crippen LogP contribution in [0.2, 0.25) is 0 Å². The van der Waals surface area contributed by atoms with Gasteiger partial charge in [-0.1, -0.05) is 42.5 Å². The number of pyridine rings is 1. The maximum absolute atomic E-state index is 2.40. The van der Waals surface area contributed by atoms with Crippen molar-refractivity contribution < 1.29 is 4.57 Å². The molecule has 0 unspecified atom stereocenters. The Bertz CT molecular complexity index is 1420. The quantitative estimate of drug-likeness (QED) is 0.283. The molecule has 168 valence electrons. The lowest BCUT2D eigenvalue weighted by Gasteiger charge is -2.16. The normalized spacial score (nSPS) is 10.9. The Morgan fingerprint density at radius 3 is 1.65 bits per heavy atom. The first-order valence-corrected chi connectivity index (χ1v) is 11.6. The van der Waals surface area contributed by atoms with Crippen molar-refractivity contribution in [3.63, 3.8) is 0 Å². The van der Waals surface area contributed by atoms with Crippen molar-refractivity contribution in [2.75, 3.05) is 38.0 Å². The van der Waals surface area contributed by atoms with E-state index >= 15 is 0 Å². The number of nitrogens with zero attached hydrogens (tertiary/aromatic N) is 3. The molecule has 0 bridgehead atoms. The molecule has 0 aliphatic carbocycles. The molecule has 1 aromatic heterocycles. The highest BCUT2D eigenvalue weighted by atomic mass is 15.1. The molecule has 3 heteroatoms. The fourth-order valence-corrected chi connectivity index (χ4v) is 4.48. The molecule has 0 saturated carbocycles. The molecule has 0 radical (unpaired) electrons. The van der Waals surface area contributed by atoms with E-state index < -0.39 is 0 Å². The Kier molecular flexibility index (Phi) is 5.77. The molecule has 3 nitrogen and oxygen atoms in total. The highest BCUT2D eigenvalue weighted by Crippen LogP contribution is 2.35. The number of benzene rings is 4. The van der Waals surface area contributed by atoms with Crippen LogP contribution in [0.5, 0.6) is 0 Å². The highest BCUT2D eigenvalue weighted by Gasteiger charge is 2.25. The summed E-state index contributed by atoms with van der Waals surface area (Å²) in [6.45, 7) is 0. The van der Waals surface area contributed by atoms with Gasteiger partial charge in [-0.3, -0.25) is 0 Å². The SMILES string of the molecule is CN(C)c1ccc(-c2cc3ccccc3[n+](-c3ccccc3)c2-c2ccc(N(C)C)cc2)cc1. The third-order valence-corrected chi connectivity index (χ3v) is 6.32. The van der Waals surface area contributed by atoms with Gasteiger partial charge in [-0.05, 0) is 54.1 Å². The van der Waals surface area contributed by atoms with Gasteiger partial charge in [0.1, 0.15) is 0 Å². The summed E-state index contributed by atoms with van der Waals surface area (Å²) >= 11 is 0. The van der Waals surface area contributed by atoms with Gasteiger partial charge in [0.05, 0.1) is 5.56 Å². The molecule has 0 saturated heterocycles. The van der Waals surface area contributed by atoms with Gasteiger partial charge in [0.2, 0.25) is 16.9 Å². The molecular weight excluding hydrogens is 414 g/mol. The van der Waals surface area contributed by atoms with E-state index in [1.54, 1.807) is 0 Å². The molecule has 0 fully saturated rings. The van der Waals surface area contributed by atoms with Gasteiger partial charge in [-0.2, -0.15) is 4.57 Å². The predicted molar refractivity (Wildman–Crippen MR) is 145 cm³/mol. The van der Waals surface area contributed by atoms with Crippen molar-refractivity contribution in [2.24, 2.45) is 0 Å². The number of rotatable bonds is 5. The van der Waals surface area contributed by atoms with Gasteiger partial charge in [0, 0.05) is 68.7 Å². The van der Waals surface area contributed by atoms with Crippen LogP contribution in [0, 0.1) is 0 Å². The van der Waals surface area contributed by atoms with Crippen LogP contribution >= 0.6 is 0 Å². The molecular formula is C31H30N3+. The van der Waals surface area contributed by atoms with Crippen LogP contribution in [0.15, 0.2) is 109 Å². The minimum atomic E-state index is 1.15. The van der Waals surface area contributed by atoms with Crippen LogP contribution in [-0.2, 0) is 0 Å². The summed E-state index contributed by atoms with van der Waals surface area (Å²) in [7, 11) is 8.30. The average Bonchev–Trinajstić information content (AvgIpc) is 2.88. The van der Waals surface area contributed by atoms with Gasteiger partial charge >= 0.3 is 0 Å². The number of anilines is 2. The van der Waals surface area contributed by atoms with Crippen LogP contribution < -0.4 is 14.4 Å². The summed E-state index contributed by atoms with van der Waals surface area (Å²) in [6, 6.07) is 39.3. The number of fused-ring (bicyclic) bond motifs is 1. The maximum atomic E-state index is 2.40. The first kappa shape index (κ1) is 21.7. The van der Waals surface area contributed by atoms with Crippen molar-refractivity contribution >= 4 is 22.3 Å². The van der Waals surface area contributed by atoms with E-state index in [1.165, 1.54) is 44.7 Å². The number of aromatic nitrogens is 1. The molecule has 0 amide bonds. The standard InChI is InChI=1S/C31H30N3/c1-32(2)26-18-14-23(15-19-26)29-22-25-10-8-9-13-30(25)34(28-11-6-5-7-12-28)31(29)24-16-20-27(21-17-24)33(3)4/h5-22H,1-4H3/q+1. The Balaban J connectivity index is 1.86. The molecule has 1 heterocycles. The predicted octanol–water partition coefficient (Wildman–Crippen LogP) is 6.58. The topological polar surface area (TPSA) is 10.4 Å². The maximum Gasteiger partial charge on any atom is 0.226 e. The van der Waals surface area contributed by atoms with Crippen LogP contribution in [0.25, 0.3) is 39.0 Å². The van der Waals surface area contributed by atoms with Crippen LogP contribution in [0.3, 0.4) is 0 Å². The molecule has 5 rings (SSSR count). The second kappa shape index (κ2) is 9.03. The molecule has 0 atom stereocenters. The first-order chi connectivity index (χ1) is 16.5. The van der Waals surface area contributed by atoms with Gasteiger partial charge in [0.15, 0.2) is 0 Å². The largest absolute Gasteiger partial charge is 0.378 e. The van der Waals surface area contributed by atoms with Gasteiger partial charge < -0.3 is 9.80 Å². The number of para-hydroxylation sites is 2. The van der Waals surface area contributed by atoms with Gasteiger partial charge in [-0.15, -0.1) is 0 Å². The van der Waals surface area contributed by atoms with Crippen LogP contribution in [0.4, 0.5) is 11.4 Å². The van der Waals surface area contributed by atoms with Gasteiger partial charge in [0.25, 0.3) is 0 Å². The number of hydrogen-bond acceptors (Lipinski definition) is 2. The van der Waals surface area contributed by atoms with E-state index in [2.05, 4.69) is 152 Å². The summed E-state index contributed by atoms with van der Waals surface area (Å²) in [5, 5.41) is 1.21. The van der Waals surface area contributed by atoms with E-state index in [4.69, 9.17) is 0 Å². The summed E-state index contributed by atoms with van der Waals surface area (Å²) < 4.78 is 2.40. The monoisotopic (exact) mass is 444 g/mol. The minimum absolute atomic E-state index is 1.15. The lowest BCUT2D eigenvalue weighted by Crippen LogP contribution is -2.35. The second-order valence-electron chi connectivity index (χ2n) is 9.02. The molecule has 4 aromatic carbocycles. The van der Waals surface area contributed by atoms with E-state index in [0.29, 0.717) is 0 Å². The second-order valence-corrected chi connectivity index (χ2v) is 9.02. The van der Waals surface area contributed by atoms with Crippen molar-refractivity contribution in [1.82, 2.24) is 0 Å². The zero-order valence-electron chi connectivity index (χ0n) is 20.2. The molecule has 0 N–H and O–H groups in total. The van der Waals surface area contributed by atoms with E-state index in [9.17, 15) is 0 Å². The fraction of sp³-hybridized carbons (Fsp3) is 0.129. The van der Waals surface area contributed by atoms with Crippen molar-refractivity contribution in [3.8, 4) is 28.1 Å². The molecule has 0 aliphatic rings. The summed E-state index contributed by atoms with van der Waals surface area (Å²) in [6.07, 6.45) is 0. The van der Waals surface area contributed by atoms with E-state index in [0.717, 1.165) is 5.69 Å². The average molecular weight is 445 g/mol. The lowest BCUT2D eigenvalue weighted by molar-refractivity contribution is -0.554. The first-order valence-electron chi connectivity index (χ1n) is 11.6. The summed E-state index contributed by atoms with van der Waals surface area (Å²) in [5.74, 6) is 0. The van der Waals surface area contributed by atoms with E-state index in [1.807, 2.05) is 0 Å². The van der Waals surface area contributed by atoms with Crippen LogP contribution in [0.1, 0.15) is 0 Å². The van der Waals surface area contributed by atoms with Crippen molar-refractivity contribution in [3.05, 3.63) is 109 Å². The summed E-state index contributed by atoms with van der Waals surface area (Å²) in [5.41, 5.74) is 9.51. The zero-order chi connectivity index (χ0) is 23.7. The minimum Gasteiger partial charge on any atom is -0.378 e. The zero-order valence-corrected chi connectivity index (χ0v) is 20.2. The smallest absolute Gasteiger partial charge is 0.226 e. The van der Waals surface area contributed by atoms with Crippen LogP contribution in [-0.4, -0.2) is 28.2 Å². The number of hydrogen-bond donors (Lipinski definition) is 0. The Labute approximate surface area is 202 Å². The molecule has 0 aliphatic heterocycles. The lowest BCUT2D eigenvalue weighted by atomic mass is 9.95. The van der Waals surface area contributed by atoms with Crippen molar-refractivity contribution in [2.45, 2.75) is 0 Å². The van der Waals surface area contributed by atoms with Crippen molar-refractivity contribution in [1.29, 1.82) is 0 Å². The van der Waals surface area contributed by atoms with Gasteiger partial charge in [-0.25, -0.2) is 0 Å². The Hall–Kier alpha value is -4.11. The fourth-order valence-electron chi connectivity index (χ4n) is 4.48. The molecule has 5 aromatic rings.